The van der Waals surface area contributed by atoms with Crippen LogP contribution in [0.1, 0.15) is 11.1 Å². The molecule has 0 fully saturated rings. The van der Waals surface area contributed by atoms with Crippen LogP contribution in [0.5, 0.6) is 5.75 Å². The summed E-state index contributed by atoms with van der Waals surface area (Å²) in [6.07, 6.45) is -11.0. The van der Waals surface area contributed by atoms with E-state index in [2.05, 4.69) is 4.74 Å². The number of hydrogen-bond donors (Lipinski definition) is 0. The van der Waals surface area contributed by atoms with E-state index in [-0.39, 0.29) is 12.1 Å². The molecule has 0 atom stereocenters. The van der Waals surface area contributed by atoms with Crippen molar-refractivity contribution in [2.45, 2.75) is 17.2 Å². The Bertz CT molecular complexity index is 620. The molecule has 0 aliphatic heterocycles. The minimum Gasteiger partial charge on any atom is -0.497 e. The molecule has 11 heteroatoms. The molecule has 0 amide bonds. The minimum absolute atomic E-state index is 0.0500. The van der Waals surface area contributed by atoms with Crippen LogP contribution in [0, 0.1) is 0 Å². The largest absolute Gasteiger partial charge is 0.497 e. The van der Waals surface area contributed by atoms with Gasteiger partial charge in [0.25, 0.3) is 9.05 Å². The first-order valence-electron chi connectivity index (χ1n) is 4.59. The van der Waals surface area contributed by atoms with Crippen LogP contribution in [0.3, 0.4) is 0 Å². The lowest BCUT2D eigenvalue weighted by atomic mass is 10.1. The molecule has 0 heterocycles. The summed E-state index contributed by atoms with van der Waals surface area (Å²) in [6, 6.07) is 0.328. The van der Waals surface area contributed by atoms with E-state index in [9.17, 15) is 34.8 Å². The van der Waals surface area contributed by atoms with Crippen molar-refractivity contribution in [2.75, 3.05) is 7.11 Å². The van der Waals surface area contributed by atoms with E-state index in [0.717, 1.165) is 7.11 Å². The average Bonchev–Trinajstić information content (AvgIpc) is 2.23. The minimum atomic E-state index is -5.56. The highest BCUT2D eigenvalue weighted by Crippen LogP contribution is 2.45. The number of benzene rings is 1. The van der Waals surface area contributed by atoms with Crippen molar-refractivity contribution in [1.29, 1.82) is 0 Å². The predicted octanol–water partition coefficient (Wildman–Crippen LogP) is 3.66. The van der Waals surface area contributed by atoms with E-state index in [4.69, 9.17) is 10.7 Å². The number of methoxy groups -OCH3 is 1. The smallest absolute Gasteiger partial charge is 0.418 e. The molecule has 0 radical (unpaired) electrons. The maximum Gasteiger partial charge on any atom is 0.418 e. The highest BCUT2D eigenvalue weighted by atomic mass is 35.7. The van der Waals surface area contributed by atoms with Gasteiger partial charge in [-0.05, 0) is 6.07 Å². The summed E-state index contributed by atoms with van der Waals surface area (Å²) < 4.78 is 103. The summed E-state index contributed by atoms with van der Waals surface area (Å²) >= 11 is 0. The van der Waals surface area contributed by atoms with E-state index in [0.29, 0.717) is 0 Å². The molecule has 0 saturated heterocycles. The summed E-state index contributed by atoms with van der Waals surface area (Å²) in [5.41, 5.74) is -4.57. The van der Waals surface area contributed by atoms with Crippen molar-refractivity contribution in [3.63, 3.8) is 0 Å². The van der Waals surface area contributed by atoms with Crippen LogP contribution >= 0.6 is 10.7 Å². The Morgan fingerprint density at radius 2 is 1.55 bits per heavy atom. The Labute approximate surface area is 113 Å². The van der Waals surface area contributed by atoms with Gasteiger partial charge in [0.15, 0.2) is 0 Å². The molecule has 0 bridgehead atoms. The Morgan fingerprint density at radius 3 is 1.85 bits per heavy atom. The number of ether oxygens (including phenoxy) is 1. The molecule has 20 heavy (non-hydrogen) atoms. The summed E-state index contributed by atoms with van der Waals surface area (Å²) in [5.74, 6) is -0.718. The molecular formula is C9H5ClF6O3S. The van der Waals surface area contributed by atoms with Gasteiger partial charge in [-0.2, -0.15) is 26.3 Å². The second-order valence-corrected chi connectivity index (χ2v) is 6.02. The van der Waals surface area contributed by atoms with Crippen molar-refractivity contribution in [1.82, 2.24) is 0 Å². The topological polar surface area (TPSA) is 43.4 Å². The first kappa shape index (κ1) is 16.9. The Hall–Kier alpha value is -1.16. The molecule has 1 aromatic carbocycles. The van der Waals surface area contributed by atoms with Gasteiger partial charge >= 0.3 is 12.4 Å². The number of rotatable bonds is 2. The molecule has 0 aliphatic rings. The zero-order valence-corrected chi connectivity index (χ0v) is 11.0. The fourth-order valence-corrected chi connectivity index (χ4v) is 2.51. The summed E-state index contributed by atoms with van der Waals surface area (Å²) in [5, 5.41) is 0. The van der Waals surface area contributed by atoms with Crippen LogP contribution in [0.15, 0.2) is 17.0 Å². The third-order valence-corrected chi connectivity index (χ3v) is 3.51. The standard InChI is InChI=1S/C9H5ClF6O3S/c1-19-4-2-5(8(11,12)13)7(9(14,15)16)6(3-4)20(10,17)18/h2-3H,1H3. The number of halogens is 7. The summed E-state index contributed by atoms with van der Waals surface area (Å²) in [7, 11) is 0.579. The third-order valence-electron chi connectivity index (χ3n) is 2.16. The molecule has 0 N–H and O–H groups in total. The Kier molecular flexibility index (Phi) is 4.22. The molecule has 3 nitrogen and oxygen atoms in total. The molecule has 1 rings (SSSR count). The molecule has 0 aliphatic carbocycles. The molecular weight excluding hydrogens is 338 g/mol. The second kappa shape index (κ2) is 4.99. The van der Waals surface area contributed by atoms with Crippen LogP contribution < -0.4 is 4.74 Å². The first-order valence-corrected chi connectivity index (χ1v) is 6.90. The first-order chi connectivity index (χ1) is 8.78. The molecule has 0 saturated carbocycles. The van der Waals surface area contributed by atoms with E-state index >= 15 is 0 Å². The van der Waals surface area contributed by atoms with E-state index < -0.39 is 43.2 Å². The fourth-order valence-electron chi connectivity index (χ4n) is 1.42. The third kappa shape index (κ3) is 3.48. The summed E-state index contributed by atoms with van der Waals surface area (Å²) in [4.78, 5) is -1.71. The number of alkyl halides is 6. The van der Waals surface area contributed by atoms with Gasteiger partial charge in [0.05, 0.1) is 23.1 Å². The van der Waals surface area contributed by atoms with E-state index in [1.807, 2.05) is 0 Å². The van der Waals surface area contributed by atoms with Gasteiger partial charge in [0.1, 0.15) is 5.75 Å². The van der Waals surface area contributed by atoms with Crippen molar-refractivity contribution in [2.24, 2.45) is 0 Å². The van der Waals surface area contributed by atoms with Crippen LogP contribution in [0.4, 0.5) is 26.3 Å². The van der Waals surface area contributed by atoms with Crippen molar-refractivity contribution < 1.29 is 39.5 Å². The monoisotopic (exact) mass is 342 g/mol. The van der Waals surface area contributed by atoms with E-state index in [1.165, 1.54) is 0 Å². The maximum atomic E-state index is 12.7. The molecule has 1 aromatic rings. The Balaban J connectivity index is 3.93. The zero-order valence-electron chi connectivity index (χ0n) is 9.43. The van der Waals surface area contributed by atoms with Crippen molar-refractivity contribution in [3.05, 3.63) is 23.3 Å². The van der Waals surface area contributed by atoms with Crippen molar-refractivity contribution in [3.8, 4) is 5.75 Å². The normalized spacial score (nSPS) is 13.4. The van der Waals surface area contributed by atoms with E-state index in [1.54, 1.807) is 0 Å². The van der Waals surface area contributed by atoms with Crippen LogP contribution in [0.25, 0.3) is 0 Å². The van der Waals surface area contributed by atoms with Gasteiger partial charge in [-0.25, -0.2) is 8.42 Å². The van der Waals surface area contributed by atoms with Gasteiger partial charge in [-0.1, -0.05) is 0 Å². The van der Waals surface area contributed by atoms with Crippen LogP contribution in [-0.2, 0) is 21.4 Å². The average molecular weight is 343 g/mol. The molecule has 0 spiro atoms. The van der Waals surface area contributed by atoms with Gasteiger partial charge < -0.3 is 4.74 Å². The lowest BCUT2D eigenvalue weighted by Crippen LogP contribution is -2.20. The van der Waals surface area contributed by atoms with Crippen LogP contribution in [-0.4, -0.2) is 15.5 Å². The lowest BCUT2D eigenvalue weighted by molar-refractivity contribution is -0.163. The van der Waals surface area contributed by atoms with Crippen LogP contribution in [0.2, 0.25) is 0 Å². The maximum absolute atomic E-state index is 12.7. The summed E-state index contributed by atoms with van der Waals surface area (Å²) in [6.45, 7) is 0. The predicted molar refractivity (Wildman–Crippen MR) is 56.0 cm³/mol. The Morgan fingerprint density at radius 1 is 1.05 bits per heavy atom. The zero-order chi connectivity index (χ0) is 15.9. The molecule has 0 aromatic heterocycles. The number of hydrogen-bond acceptors (Lipinski definition) is 3. The van der Waals surface area contributed by atoms with Gasteiger partial charge in [0, 0.05) is 16.7 Å². The quantitative estimate of drug-likeness (QED) is 0.608. The highest BCUT2D eigenvalue weighted by molar-refractivity contribution is 8.13. The second-order valence-electron chi connectivity index (χ2n) is 3.48. The SMILES string of the molecule is COc1cc(C(F)(F)F)c(C(F)(F)F)c(S(=O)(=O)Cl)c1. The van der Waals surface area contributed by atoms with Gasteiger partial charge in [-0.3, -0.25) is 0 Å². The molecule has 114 valence electrons. The van der Waals surface area contributed by atoms with Gasteiger partial charge in [-0.15, -0.1) is 0 Å². The van der Waals surface area contributed by atoms with Crippen molar-refractivity contribution >= 4 is 19.7 Å². The fraction of sp³-hybridized carbons (Fsp3) is 0.333. The van der Waals surface area contributed by atoms with Gasteiger partial charge in [0.2, 0.25) is 0 Å². The lowest BCUT2D eigenvalue weighted by Gasteiger charge is -2.19. The molecule has 0 unspecified atom stereocenters. The highest BCUT2D eigenvalue weighted by Gasteiger charge is 2.47.